The van der Waals surface area contributed by atoms with Crippen LogP contribution in [-0.4, -0.2) is 4.98 Å². The van der Waals surface area contributed by atoms with Crippen LogP contribution in [0.25, 0.3) is 44.0 Å². The van der Waals surface area contributed by atoms with Crippen LogP contribution < -0.4 is 0 Å². The van der Waals surface area contributed by atoms with Gasteiger partial charge in [0.05, 0.1) is 5.69 Å². The highest BCUT2D eigenvalue weighted by atomic mass is 19.1. The highest BCUT2D eigenvalue weighted by Gasteiger charge is 2.23. The van der Waals surface area contributed by atoms with Crippen molar-refractivity contribution in [1.82, 2.24) is 4.98 Å². The number of pyridine rings is 1. The lowest BCUT2D eigenvalue weighted by Gasteiger charge is -2.15. The number of halogens is 1. The summed E-state index contributed by atoms with van der Waals surface area (Å²) >= 11 is 0. The molecule has 1 saturated carbocycles. The van der Waals surface area contributed by atoms with Crippen molar-refractivity contribution in [3.8, 4) is 11.3 Å². The minimum Gasteiger partial charge on any atom is -0.455 e. The first kappa shape index (κ1) is 17.6. The Morgan fingerprint density at radius 2 is 1.67 bits per heavy atom. The third-order valence-electron chi connectivity index (χ3n) is 6.49. The second-order valence-electron chi connectivity index (χ2n) is 8.50. The first-order valence-corrected chi connectivity index (χ1v) is 10.7. The van der Waals surface area contributed by atoms with E-state index < -0.39 is 0 Å². The molecule has 0 radical (unpaired) electrons. The number of nitrogens with zero attached hydrogens (tertiary/aromatic N) is 1. The van der Waals surface area contributed by atoms with E-state index in [9.17, 15) is 4.39 Å². The molecule has 0 aliphatic heterocycles. The van der Waals surface area contributed by atoms with Crippen LogP contribution in [0, 0.1) is 12.7 Å². The molecule has 0 unspecified atom stereocenters. The normalized spacial score (nSPS) is 15.0. The summed E-state index contributed by atoms with van der Waals surface area (Å²) in [5, 5.41) is 3.66. The second-order valence-corrected chi connectivity index (χ2v) is 8.50. The topological polar surface area (TPSA) is 26.0 Å². The van der Waals surface area contributed by atoms with E-state index in [0.29, 0.717) is 11.3 Å². The summed E-state index contributed by atoms with van der Waals surface area (Å²) in [6.45, 7) is 2.09. The van der Waals surface area contributed by atoms with Crippen LogP contribution in [-0.2, 0) is 0 Å². The molecule has 0 atom stereocenters. The number of aromatic nitrogens is 1. The number of fused-ring (bicyclic) bond motifs is 4. The third-order valence-corrected chi connectivity index (χ3v) is 6.49. The molecule has 0 saturated heterocycles. The van der Waals surface area contributed by atoms with Crippen molar-refractivity contribution in [2.45, 2.75) is 38.5 Å². The zero-order valence-corrected chi connectivity index (χ0v) is 16.9. The van der Waals surface area contributed by atoms with Crippen molar-refractivity contribution < 1.29 is 8.81 Å². The van der Waals surface area contributed by atoms with Crippen LogP contribution in [0.4, 0.5) is 4.39 Å². The van der Waals surface area contributed by atoms with Crippen molar-refractivity contribution in [1.29, 1.82) is 0 Å². The average molecular weight is 395 g/mol. The molecule has 5 aromatic rings. The van der Waals surface area contributed by atoms with E-state index in [0.717, 1.165) is 62.7 Å². The summed E-state index contributed by atoms with van der Waals surface area (Å²) in [6, 6.07) is 19.6. The predicted octanol–water partition coefficient (Wildman–Crippen LogP) is 7.91. The van der Waals surface area contributed by atoms with Gasteiger partial charge in [-0.15, -0.1) is 0 Å². The van der Waals surface area contributed by atoms with Gasteiger partial charge in [0.25, 0.3) is 0 Å². The van der Waals surface area contributed by atoms with Crippen LogP contribution in [0.2, 0.25) is 0 Å². The van der Waals surface area contributed by atoms with E-state index in [1.165, 1.54) is 18.9 Å². The van der Waals surface area contributed by atoms with Crippen LogP contribution in [0.1, 0.15) is 42.9 Å². The predicted molar refractivity (Wildman–Crippen MR) is 120 cm³/mol. The van der Waals surface area contributed by atoms with Crippen LogP contribution in [0.3, 0.4) is 0 Å². The summed E-state index contributed by atoms with van der Waals surface area (Å²) in [5.41, 5.74) is 5.59. The highest BCUT2D eigenvalue weighted by Crippen LogP contribution is 2.41. The van der Waals surface area contributed by atoms with Crippen molar-refractivity contribution in [3.63, 3.8) is 0 Å². The van der Waals surface area contributed by atoms with Gasteiger partial charge in [-0.3, -0.25) is 4.98 Å². The lowest BCUT2D eigenvalue weighted by molar-refractivity contribution is 0.638. The van der Waals surface area contributed by atoms with Gasteiger partial charge in [0.15, 0.2) is 0 Å². The lowest BCUT2D eigenvalue weighted by atomic mass is 9.95. The highest BCUT2D eigenvalue weighted by molar-refractivity contribution is 6.11. The molecule has 0 N–H and O–H groups in total. The Labute approximate surface area is 174 Å². The van der Waals surface area contributed by atoms with Gasteiger partial charge in [-0.05, 0) is 55.7 Å². The molecule has 0 amide bonds. The molecular weight excluding hydrogens is 373 g/mol. The number of aryl methyl sites for hydroxylation is 1. The molecule has 0 spiro atoms. The van der Waals surface area contributed by atoms with Crippen LogP contribution >= 0.6 is 0 Å². The minimum absolute atomic E-state index is 0.191. The van der Waals surface area contributed by atoms with Gasteiger partial charge in [-0.2, -0.15) is 0 Å². The fraction of sp³-hybridized carbons (Fsp3) is 0.222. The van der Waals surface area contributed by atoms with Gasteiger partial charge < -0.3 is 4.42 Å². The molecule has 1 aliphatic carbocycles. The van der Waals surface area contributed by atoms with Crippen molar-refractivity contribution in [2.75, 3.05) is 0 Å². The SMILES string of the molecule is Cc1cc(-c2nc(C3CCCC3)cc3c(F)cccc23)c2oc3ccccc3c2c1. The molecule has 3 heteroatoms. The third kappa shape index (κ3) is 2.65. The quantitative estimate of drug-likeness (QED) is 0.303. The van der Waals surface area contributed by atoms with Crippen LogP contribution in [0.15, 0.2) is 65.1 Å². The zero-order chi connectivity index (χ0) is 20.2. The number of benzene rings is 3. The molecular formula is C27H22FNO. The molecule has 6 rings (SSSR count). The first-order valence-electron chi connectivity index (χ1n) is 10.7. The molecule has 2 nitrogen and oxygen atoms in total. The Morgan fingerprint density at radius 1 is 0.867 bits per heavy atom. The van der Waals surface area contributed by atoms with Gasteiger partial charge in [-0.1, -0.05) is 43.2 Å². The lowest BCUT2D eigenvalue weighted by Crippen LogP contribution is -2.00. The largest absolute Gasteiger partial charge is 0.455 e. The fourth-order valence-electron chi connectivity index (χ4n) is 5.04. The van der Waals surface area contributed by atoms with Gasteiger partial charge in [-0.25, -0.2) is 4.39 Å². The number of para-hydroxylation sites is 1. The second kappa shape index (κ2) is 6.66. The maximum atomic E-state index is 14.9. The number of rotatable bonds is 2. The van der Waals surface area contributed by atoms with E-state index >= 15 is 0 Å². The summed E-state index contributed by atoms with van der Waals surface area (Å²) in [7, 11) is 0. The van der Waals surface area contributed by atoms with Gasteiger partial charge in [0.2, 0.25) is 0 Å². The summed E-state index contributed by atoms with van der Waals surface area (Å²) in [4.78, 5) is 5.13. The van der Waals surface area contributed by atoms with Crippen molar-refractivity contribution >= 4 is 32.7 Å². The van der Waals surface area contributed by atoms with Crippen molar-refractivity contribution in [3.05, 3.63) is 77.7 Å². The Bertz CT molecular complexity index is 1430. The summed E-state index contributed by atoms with van der Waals surface area (Å²) in [6.07, 6.45) is 4.69. The molecule has 1 fully saturated rings. The smallest absolute Gasteiger partial charge is 0.144 e. The zero-order valence-electron chi connectivity index (χ0n) is 16.9. The molecule has 2 aromatic heterocycles. The number of hydrogen-bond acceptors (Lipinski definition) is 2. The Morgan fingerprint density at radius 3 is 2.53 bits per heavy atom. The summed E-state index contributed by atoms with van der Waals surface area (Å²) in [5.74, 6) is 0.215. The monoisotopic (exact) mass is 395 g/mol. The van der Waals surface area contributed by atoms with Crippen molar-refractivity contribution in [2.24, 2.45) is 0 Å². The molecule has 148 valence electrons. The summed E-state index contributed by atoms with van der Waals surface area (Å²) < 4.78 is 21.2. The number of furan rings is 1. The van der Waals surface area contributed by atoms with E-state index in [4.69, 9.17) is 9.40 Å². The maximum absolute atomic E-state index is 14.9. The first-order chi connectivity index (χ1) is 14.7. The van der Waals surface area contributed by atoms with Gasteiger partial charge in [0, 0.05) is 38.7 Å². The van der Waals surface area contributed by atoms with E-state index in [1.54, 1.807) is 6.07 Å². The Balaban J connectivity index is 1.72. The molecule has 2 heterocycles. The molecule has 30 heavy (non-hydrogen) atoms. The van der Waals surface area contributed by atoms with E-state index in [-0.39, 0.29) is 5.82 Å². The Kier molecular flexibility index (Phi) is 3.92. The van der Waals surface area contributed by atoms with Gasteiger partial charge in [0.1, 0.15) is 17.0 Å². The maximum Gasteiger partial charge on any atom is 0.144 e. The average Bonchev–Trinajstić information content (AvgIpc) is 3.41. The molecule has 0 bridgehead atoms. The van der Waals surface area contributed by atoms with E-state index in [2.05, 4.69) is 25.1 Å². The number of hydrogen-bond donors (Lipinski definition) is 0. The Hall–Kier alpha value is -3.20. The molecule has 1 aliphatic rings. The van der Waals surface area contributed by atoms with E-state index in [1.807, 2.05) is 30.3 Å². The fourth-order valence-corrected chi connectivity index (χ4v) is 5.04. The van der Waals surface area contributed by atoms with Gasteiger partial charge >= 0.3 is 0 Å². The minimum atomic E-state index is -0.191. The van der Waals surface area contributed by atoms with Crippen LogP contribution in [0.5, 0.6) is 0 Å². The standard InChI is InChI=1S/C27H22FNO/c1-16-13-21-18-9-4-5-12-25(18)30-27(21)22(14-16)26-19-10-6-11-23(28)20(19)15-24(29-26)17-7-2-3-8-17/h4-6,9-15,17H,2-3,7-8H2,1H3. The molecule has 3 aromatic carbocycles.